The molecular formula is C15H26N2O2. The van der Waals surface area contributed by atoms with Gasteiger partial charge < -0.3 is 9.80 Å². The molecule has 2 amide bonds. The van der Waals surface area contributed by atoms with Crippen LogP contribution in [0.4, 0.5) is 0 Å². The van der Waals surface area contributed by atoms with Crippen LogP contribution in [0.2, 0.25) is 0 Å². The van der Waals surface area contributed by atoms with Crippen molar-refractivity contribution in [2.45, 2.75) is 51.9 Å². The highest BCUT2D eigenvalue weighted by molar-refractivity contribution is 5.80. The predicted octanol–water partition coefficient (Wildman–Crippen LogP) is 2.04. The molecule has 1 saturated carbocycles. The first-order chi connectivity index (χ1) is 9.22. The molecule has 1 heterocycles. The number of rotatable bonds is 4. The molecule has 0 unspecified atom stereocenters. The maximum atomic E-state index is 12.2. The van der Waals surface area contributed by atoms with E-state index in [1.165, 1.54) is 6.42 Å². The molecule has 0 aromatic heterocycles. The second kappa shape index (κ2) is 6.92. The topological polar surface area (TPSA) is 40.6 Å². The van der Waals surface area contributed by atoms with E-state index in [-0.39, 0.29) is 11.8 Å². The molecule has 2 aliphatic rings. The standard InChI is InChI=1S/C15H26N2O2/c1-2-3-8-14(18)16-9-5-10-17(12-11-16)15(19)13-6-4-7-13/h13H,2-12H2,1H3. The zero-order valence-corrected chi connectivity index (χ0v) is 12.1. The van der Waals surface area contributed by atoms with Crippen LogP contribution in [0.3, 0.4) is 0 Å². The average Bonchev–Trinajstić information content (AvgIpc) is 2.59. The van der Waals surface area contributed by atoms with Gasteiger partial charge in [-0.2, -0.15) is 0 Å². The third-order valence-corrected chi connectivity index (χ3v) is 4.36. The lowest BCUT2D eigenvalue weighted by molar-refractivity contribution is -0.138. The Hall–Kier alpha value is -1.06. The molecule has 4 heteroatoms. The zero-order valence-electron chi connectivity index (χ0n) is 12.1. The Morgan fingerprint density at radius 2 is 1.68 bits per heavy atom. The van der Waals surface area contributed by atoms with Crippen molar-refractivity contribution >= 4 is 11.8 Å². The Bertz CT molecular complexity index is 326. The molecule has 2 fully saturated rings. The summed E-state index contributed by atoms with van der Waals surface area (Å²) in [5.74, 6) is 0.872. The molecule has 0 N–H and O–H groups in total. The number of nitrogens with zero attached hydrogens (tertiary/aromatic N) is 2. The minimum absolute atomic E-state index is 0.264. The normalized spacial score (nSPS) is 20.9. The van der Waals surface area contributed by atoms with Crippen LogP contribution in [-0.2, 0) is 9.59 Å². The fourth-order valence-corrected chi connectivity index (χ4v) is 2.79. The summed E-state index contributed by atoms with van der Waals surface area (Å²) in [6.45, 7) is 5.20. The fourth-order valence-electron chi connectivity index (χ4n) is 2.79. The van der Waals surface area contributed by atoms with Crippen molar-refractivity contribution < 1.29 is 9.59 Å². The number of unbranched alkanes of at least 4 members (excludes halogenated alkanes) is 1. The van der Waals surface area contributed by atoms with Crippen LogP contribution in [0.5, 0.6) is 0 Å². The molecule has 1 saturated heterocycles. The van der Waals surface area contributed by atoms with Crippen molar-refractivity contribution in [1.29, 1.82) is 0 Å². The highest BCUT2D eigenvalue weighted by Crippen LogP contribution is 2.28. The third kappa shape index (κ3) is 3.71. The van der Waals surface area contributed by atoms with E-state index in [2.05, 4.69) is 6.92 Å². The first kappa shape index (κ1) is 14.4. The summed E-state index contributed by atoms with van der Waals surface area (Å²) >= 11 is 0. The molecule has 0 radical (unpaired) electrons. The van der Waals surface area contributed by atoms with Gasteiger partial charge in [0.05, 0.1) is 0 Å². The highest BCUT2D eigenvalue weighted by atomic mass is 16.2. The second-order valence-corrected chi connectivity index (χ2v) is 5.79. The zero-order chi connectivity index (χ0) is 13.7. The molecule has 0 bridgehead atoms. The first-order valence-corrected chi connectivity index (χ1v) is 7.79. The average molecular weight is 266 g/mol. The Morgan fingerprint density at radius 3 is 2.32 bits per heavy atom. The molecule has 4 nitrogen and oxygen atoms in total. The maximum absolute atomic E-state index is 12.2. The van der Waals surface area contributed by atoms with Crippen molar-refractivity contribution in [3.05, 3.63) is 0 Å². The van der Waals surface area contributed by atoms with E-state index in [4.69, 9.17) is 0 Å². The molecule has 1 aliphatic heterocycles. The molecule has 0 atom stereocenters. The van der Waals surface area contributed by atoms with E-state index in [1.807, 2.05) is 9.80 Å². The second-order valence-electron chi connectivity index (χ2n) is 5.79. The van der Waals surface area contributed by atoms with Crippen LogP contribution < -0.4 is 0 Å². The number of carbonyl (C=O) groups is 2. The smallest absolute Gasteiger partial charge is 0.225 e. The van der Waals surface area contributed by atoms with E-state index in [0.717, 1.165) is 58.3 Å². The Kier molecular flexibility index (Phi) is 5.23. The van der Waals surface area contributed by atoms with Gasteiger partial charge in [-0.05, 0) is 25.7 Å². The summed E-state index contributed by atoms with van der Waals surface area (Å²) in [7, 11) is 0. The number of hydrogen-bond acceptors (Lipinski definition) is 2. The van der Waals surface area contributed by atoms with E-state index in [0.29, 0.717) is 12.3 Å². The lowest BCUT2D eigenvalue weighted by Crippen LogP contribution is -2.41. The summed E-state index contributed by atoms with van der Waals surface area (Å²) in [5.41, 5.74) is 0. The van der Waals surface area contributed by atoms with Gasteiger partial charge in [0.2, 0.25) is 11.8 Å². The molecule has 0 spiro atoms. The van der Waals surface area contributed by atoms with Gasteiger partial charge in [0.1, 0.15) is 0 Å². The monoisotopic (exact) mass is 266 g/mol. The van der Waals surface area contributed by atoms with Gasteiger partial charge in [0.15, 0.2) is 0 Å². The van der Waals surface area contributed by atoms with Crippen LogP contribution >= 0.6 is 0 Å². The molecule has 0 aromatic carbocycles. The van der Waals surface area contributed by atoms with Gasteiger partial charge >= 0.3 is 0 Å². The summed E-state index contributed by atoms with van der Waals surface area (Å²) < 4.78 is 0. The van der Waals surface area contributed by atoms with Crippen LogP contribution in [0.15, 0.2) is 0 Å². The summed E-state index contributed by atoms with van der Waals surface area (Å²) in [4.78, 5) is 28.1. The number of carbonyl (C=O) groups excluding carboxylic acids is 2. The van der Waals surface area contributed by atoms with Gasteiger partial charge in [-0.1, -0.05) is 19.8 Å². The third-order valence-electron chi connectivity index (χ3n) is 4.36. The number of hydrogen-bond donors (Lipinski definition) is 0. The SMILES string of the molecule is CCCCC(=O)N1CCCN(C(=O)C2CCC2)CC1. The van der Waals surface area contributed by atoms with Crippen molar-refractivity contribution in [2.75, 3.05) is 26.2 Å². The van der Waals surface area contributed by atoms with Gasteiger partial charge in [-0.15, -0.1) is 0 Å². The van der Waals surface area contributed by atoms with Crippen molar-refractivity contribution in [2.24, 2.45) is 5.92 Å². The Morgan fingerprint density at radius 1 is 1.00 bits per heavy atom. The van der Waals surface area contributed by atoms with Crippen LogP contribution in [0.25, 0.3) is 0 Å². The summed E-state index contributed by atoms with van der Waals surface area (Å²) in [6, 6.07) is 0. The molecule has 2 rings (SSSR count). The van der Waals surface area contributed by atoms with Crippen LogP contribution in [-0.4, -0.2) is 47.8 Å². The Labute approximate surface area is 116 Å². The minimum Gasteiger partial charge on any atom is -0.341 e. The lowest BCUT2D eigenvalue weighted by Gasteiger charge is -2.31. The van der Waals surface area contributed by atoms with Crippen molar-refractivity contribution in [3.8, 4) is 0 Å². The van der Waals surface area contributed by atoms with Crippen LogP contribution in [0.1, 0.15) is 51.9 Å². The first-order valence-electron chi connectivity index (χ1n) is 7.79. The Balaban J connectivity index is 1.80. The largest absolute Gasteiger partial charge is 0.341 e. The predicted molar refractivity (Wildman–Crippen MR) is 74.6 cm³/mol. The highest BCUT2D eigenvalue weighted by Gasteiger charge is 2.30. The van der Waals surface area contributed by atoms with Gasteiger partial charge in [0.25, 0.3) is 0 Å². The van der Waals surface area contributed by atoms with E-state index < -0.39 is 0 Å². The molecule has 0 aromatic rings. The molecular weight excluding hydrogens is 240 g/mol. The maximum Gasteiger partial charge on any atom is 0.225 e. The van der Waals surface area contributed by atoms with Crippen molar-refractivity contribution in [3.63, 3.8) is 0 Å². The molecule has 19 heavy (non-hydrogen) atoms. The summed E-state index contributed by atoms with van der Waals surface area (Å²) in [6.07, 6.45) is 6.95. The molecule has 108 valence electrons. The fraction of sp³-hybridized carbons (Fsp3) is 0.867. The number of amides is 2. The quantitative estimate of drug-likeness (QED) is 0.781. The lowest BCUT2D eigenvalue weighted by atomic mass is 9.84. The van der Waals surface area contributed by atoms with E-state index in [9.17, 15) is 9.59 Å². The summed E-state index contributed by atoms with van der Waals surface area (Å²) in [5, 5.41) is 0. The van der Waals surface area contributed by atoms with Gasteiger partial charge in [0, 0.05) is 38.5 Å². The van der Waals surface area contributed by atoms with Crippen molar-refractivity contribution in [1.82, 2.24) is 9.80 Å². The van der Waals surface area contributed by atoms with Gasteiger partial charge in [-0.25, -0.2) is 0 Å². The molecule has 1 aliphatic carbocycles. The van der Waals surface area contributed by atoms with E-state index >= 15 is 0 Å². The van der Waals surface area contributed by atoms with E-state index in [1.54, 1.807) is 0 Å². The van der Waals surface area contributed by atoms with Gasteiger partial charge in [-0.3, -0.25) is 9.59 Å². The van der Waals surface area contributed by atoms with Crippen LogP contribution in [0, 0.1) is 5.92 Å². The minimum atomic E-state index is 0.264.